The molecule has 2 rings (SSSR count). The van der Waals surface area contributed by atoms with E-state index in [0.717, 1.165) is 32.3 Å². The molecule has 1 heterocycles. The Morgan fingerprint density at radius 1 is 1.16 bits per heavy atom. The SMILES string of the molecule is CC(C)(C)CCN1CCN(c2cccc(S(C)(=O)=O)c2[N+](=O)[O-])CC1. The summed E-state index contributed by atoms with van der Waals surface area (Å²) in [6.07, 6.45) is 2.10. The number of nitro benzene ring substituents is 1. The van der Waals surface area contributed by atoms with E-state index in [2.05, 4.69) is 25.7 Å². The Bertz CT molecular complexity index is 733. The first-order chi connectivity index (χ1) is 11.5. The van der Waals surface area contributed by atoms with E-state index in [1.165, 1.54) is 6.07 Å². The molecule has 0 bridgehead atoms. The Morgan fingerprint density at radius 3 is 2.24 bits per heavy atom. The maximum absolute atomic E-state index is 11.9. The van der Waals surface area contributed by atoms with Crippen molar-refractivity contribution in [2.45, 2.75) is 32.1 Å². The van der Waals surface area contributed by atoms with Crippen LogP contribution in [0.2, 0.25) is 0 Å². The number of hydrogen-bond donors (Lipinski definition) is 0. The molecular formula is C17H27N3O4S. The van der Waals surface area contributed by atoms with Gasteiger partial charge in [-0.2, -0.15) is 0 Å². The summed E-state index contributed by atoms with van der Waals surface area (Å²) in [6.45, 7) is 10.6. The number of sulfone groups is 1. The number of piperazine rings is 1. The fraction of sp³-hybridized carbons (Fsp3) is 0.647. The molecule has 0 N–H and O–H groups in total. The van der Waals surface area contributed by atoms with Crippen LogP contribution in [0.3, 0.4) is 0 Å². The number of benzene rings is 1. The van der Waals surface area contributed by atoms with Crippen LogP contribution in [0, 0.1) is 15.5 Å². The van der Waals surface area contributed by atoms with Gasteiger partial charge in [0.25, 0.3) is 0 Å². The van der Waals surface area contributed by atoms with Crippen molar-refractivity contribution < 1.29 is 13.3 Å². The molecule has 0 amide bonds. The van der Waals surface area contributed by atoms with Crippen LogP contribution in [0.5, 0.6) is 0 Å². The molecule has 8 heteroatoms. The van der Waals surface area contributed by atoms with Gasteiger partial charge in [-0.3, -0.25) is 15.0 Å². The highest BCUT2D eigenvalue weighted by Gasteiger charge is 2.30. The number of para-hydroxylation sites is 1. The monoisotopic (exact) mass is 369 g/mol. The predicted molar refractivity (Wildman–Crippen MR) is 98.9 cm³/mol. The molecule has 140 valence electrons. The lowest BCUT2D eigenvalue weighted by Crippen LogP contribution is -2.47. The third-order valence-corrected chi connectivity index (χ3v) is 5.58. The van der Waals surface area contributed by atoms with Crippen LogP contribution in [0.25, 0.3) is 0 Å². The largest absolute Gasteiger partial charge is 0.363 e. The van der Waals surface area contributed by atoms with Crippen LogP contribution in [-0.2, 0) is 9.84 Å². The van der Waals surface area contributed by atoms with E-state index in [-0.39, 0.29) is 16.0 Å². The summed E-state index contributed by atoms with van der Waals surface area (Å²) in [4.78, 5) is 15.0. The minimum absolute atomic E-state index is 0.217. The van der Waals surface area contributed by atoms with Gasteiger partial charge in [0.15, 0.2) is 9.84 Å². The molecule has 0 radical (unpaired) electrons. The molecular weight excluding hydrogens is 342 g/mol. The zero-order valence-electron chi connectivity index (χ0n) is 15.4. The van der Waals surface area contributed by atoms with Crippen LogP contribution >= 0.6 is 0 Å². The van der Waals surface area contributed by atoms with E-state index in [4.69, 9.17) is 0 Å². The van der Waals surface area contributed by atoms with Crippen molar-refractivity contribution in [2.75, 3.05) is 43.9 Å². The fourth-order valence-electron chi connectivity index (χ4n) is 2.95. The maximum Gasteiger partial charge on any atom is 0.311 e. The van der Waals surface area contributed by atoms with Crippen molar-refractivity contribution in [3.63, 3.8) is 0 Å². The van der Waals surface area contributed by atoms with E-state index in [9.17, 15) is 18.5 Å². The first kappa shape index (κ1) is 19.7. The highest BCUT2D eigenvalue weighted by atomic mass is 32.2. The van der Waals surface area contributed by atoms with Gasteiger partial charge >= 0.3 is 5.69 Å². The summed E-state index contributed by atoms with van der Waals surface area (Å²) in [7, 11) is -3.65. The molecule has 1 aliphatic heterocycles. The Balaban J connectivity index is 2.17. The Morgan fingerprint density at radius 2 is 1.76 bits per heavy atom. The fourth-order valence-corrected chi connectivity index (χ4v) is 3.81. The zero-order chi connectivity index (χ0) is 18.8. The first-order valence-corrected chi connectivity index (χ1v) is 10.3. The van der Waals surface area contributed by atoms with Crippen molar-refractivity contribution in [3.05, 3.63) is 28.3 Å². The summed E-state index contributed by atoms with van der Waals surface area (Å²) >= 11 is 0. The first-order valence-electron chi connectivity index (χ1n) is 8.44. The Labute approximate surface area is 149 Å². The Hall–Kier alpha value is -1.67. The van der Waals surface area contributed by atoms with Crippen molar-refractivity contribution >= 4 is 21.2 Å². The van der Waals surface area contributed by atoms with Gasteiger partial charge in [-0.15, -0.1) is 0 Å². The second kappa shape index (κ2) is 7.29. The molecule has 1 aromatic carbocycles. The quantitative estimate of drug-likeness (QED) is 0.586. The van der Waals surface area contributed by atoms with Gasteiger partial charge in [0.05, 0.1) is 4.92 Å². The predicted octanol–water partition coefficient (Wildman–Crippen LogP) is 2.56. The lowest BCUT2D eigenvalue weighted by molar-refractivity contribution is -0.387. The molecule has 0 spiro atoms. The smallest absolute Gasteiger partial charge is 0.311 e. The van der Waals surface area contributed by atoms with E-state index < -0.39 is 14.8 Å². The molecule has 1 aliphatic rings. The van der Waals surface area contributed by atoms with E-state index >= 15 is 0 Å². The normalized spacial score (nSPS) is 16.9. The van der Waals surface area contributed by atoms with Gasteiger partial charge < -0.3 is 4.90 Å². The second-order valence-electron chi connectivity index (χ2n) is 7.79. The summed E-state index contributed by atoms with van der Waals surface area (Å²) in [5.41, 5.74) is 0.358. The molecule has 25 heavy (non-hydrogen) atoms. The topological polar surface area (TPSA) is 83.8 Å². The van der Waals surface area contributed by atoms with Crippen LogP contribution in [0.1, 0.15) is 27.2 Å². The molecule has 1 aromatic rings. The second-order valence-corrected chi connectivity index (χ2v) is 9.78. The highest BCUT2D eigenvalue weighted by Crippen LogP contribution is 2.35. The lowest BCUT2D eigenvalue weighted by atomic mass is 9.92. The average Bonchev–Trinajstić information content (AvgIpc) is 2.51. The molecule has 0 aromatic heterocycles. The standard InChI is InChI=1S/C17H27N3O4S/c1-17(2,3)8-9-18-10-12-19(13-11-18)14-6-5-7-15(25(4,23)24)16(14)20(21)22/h5-7H,8-13H2,1-4H3. The van der Waals surface area contributed by atoms with Crippen LogP contribution in [-0.4, -0.2) is 57.2 Å². The third-order valence-electron chi connectivity index (χ3n) is 4.45. The summed E-state index contributed by atoms with van der Waals surface area (Å²) < 4.78 is 23.8. The van der Waals surface area contributed by atoms with Crippen molar-refractivity contribution in [1.82, 2.24) is 4.90 Å². The Kier molecular flexibility index (Phi) is 5.73. The van der Waals surface area contributed by atoms with Crippen molar-refractivity contribution in [1.29, 1.82) is 0 Å². The molecule has 0 atom stereocenters. The molecule has 0 unspecified atom stereocenters. The summed E-state index contributed by atoms with van der Waals surface area (Å²) in [5.74, 6) is 0. The van der Waals surface area contributed by atoms with Gasteiger partial charge in [-0.1, -0.05) is 26.8 Å². The number of hydrogen-bond acceptors (Lipinski definition) is 6. The van der Waals surface area contributed by atoms with Gasteiger partial charge in [-0.25, -0.2) is 8.42 Å². The third kappa shape index (κ3) is 5.15. The van der Waals surface area contributed by atoms with Crippen LogP contribution in [0.15, 0.2) is 23.1 Å². The van der Waals surface area contributed by atoms with Gasteiger partial charge in [0, 0.05) is 32.4 Å². The summed E-state index contributed by atoms with van der Waals surface area (Å²) in [5, 5.41) is 11.5. The van der Waals surface area contributed by atoms with Gasteiger partial charge in [0.1, 0.15) is 10.6 Å². The van der Waals surface area contributed by atoms with Gasteiger partial charge in [-0.05, 0) is 30.5 Å². The maximum atomic E-state index is 11.9. The zero-order valence-corrected chi connectivity index (χ0v) is 16.2. The number of nitrogens with zero attached hydrogens (tertiary/aromatic N) is 3. The molecule has 0 saturated carbocycles. The lowest BCUT2D eigenvalue weighted by Gasteiger charge is -2.37. The highest BCUT2D eigenvalue weighted by molar-refractivity contribution is 7.90. The molecule has 1 saturated heterocycles. The average molecular weight is 369 g/mol. The van der Waals surface area contributed by atoms with Gasteiger partial charge in [0.2, 0.25) is 0 Å². The minimum Gasteiger partial charge on any atom is -0.363 e. The molecule has 7 nitrogen and oxygen atoms in total. The summed E-state index contributed by atoms with van der Waals surface area (Å²) in [6, 6.07) is 4.51. The van der Waals surface area contributed by atoms with Crippen molar-refractivity contribution in [2.24, 2.45) is 5.41 Å². The van der Waals surface area contributed by atoms with Crippen LogP contribution in [0.4, 0.5) is 11.4 Å². The molecule has 0 aliphatic carbocycles. The van der Waals surface area contributed by atoms with E-state index in [0.29, 0.717) is 18.8 Å². The minimum atomic E-state index is -3.65. The number of rotatable bonds is 5. The molecule has 1 fully saturated rings. The number of anilines is 1. The number of nitro groups is 1. The van der Waals surface area contributed by atoms with E-state index in [1.54, 1.807) is 12.1 Å². The van der Waals surface area contributed by atoms with Crippen molar-refractivity contribution in [3.8, 4) is 0 Å². The van der Waals surface area contributed by atoms with E-state index in [1.807, 2.05) is 4.90 Å². The van der Waals surface area contributed by atoms with Crippen LogP contribution < -0.4 is 4.90 Å².